The lowest BCUT2D eigenvalue weighted by Gasteiger charge is -2.28. The van der Waals surface area contributed by atoms with E-state index in [-0.39, 0.29) is 5.41 Å². The number of carbonyl (C=O) groups excluding carboxylic acids is 1. The Morgan fingerprint density at radius 2 is 2.11 bits per heavy atom. The Balaban J connectivity index is 3.11. The molecule has 0 saturated carbocycles. The number of esters is 1. The first-order valence-corrected chi connectivity index (χ1v) is 5.79. The summed E-state index contributed by atoms with van der Waals surface area (Å²) in [7, 11) is 3.25. The Hall–Kier alpha value is -1.78. The predicted octanol–water partition coefficient (Wildman–Crippen LogP) is 1.93. The van der Waals surface area contributed by atoms with Crippen molar-refractivity contribution in [1.82, 2.24) is 4.98 Å². The summed E-state index contributed by atoms with van der Waals surface area (Å²) in [4.78, 5) is 17.9. The Kier molecular flexibility index (Phi) is 4.16. The molecule has 1 aromatic rings. The minimum atomic E-state index is -0.425. The first-order chi connectivity index (χ1) is 8.24. The maximum absolute atomic E-state index is 11.7. The Morgan fingerprint density at radius 3 is 2.61 bits per heavy atom. The lowest BCUT2D eigenvalue weighted by molar-refractivity contribution is 0.0601. The van der Waals surface area contributed by atoms with Crippen molar-refractivity contribution in [2.75, 3.05) is 31.3 Å². The fourth-order valence-corrected chi connectivity index (χ4v) is 1.82. The van der Waals surface area contributed by atoms with Gasteiger partial charge in [0.2, 0.25) is 0 Å². The average Bonchev–Trinajstić information content (AvgIpc) is 2.25. The lowest BCUT2D eigenvalue weighted by Crippen LogP contribution is -2.31. The van der Waals surface area contributed by atoms with Crippen molar-refractivity contribution in [2.45, 2.75) is 20.8 Å². The van der Waals surface area contributed by atoms with Gasteiger partial charge in [-0.15, -0.1) is 0 Å². The van der Waals surface area contributed by atoms with E-state index in [2.05, 4.69) is 25.8 Å². The maximum atomic E-state index is 11.7. The monoisotopic (exact) mass is 251 g/mol. The van der Waals surface area contributed by atoms with Crippen molar-refractivity contribution in [1.29, 1.82) is 0 Å². The highest BCUT2D eigenvalue weighted by molar-refractivity contribution is 5.95. The van der Waals surface area contributed by atoms with Gasteiger partial charge in [-0.2, -0.15) is 0 Å². The number of aromatic nitrogens is 1. The van der Waals surface area contributed by atoms with Crippen LogP contribution in [0.5, 0.6) is 0 Å². The van der Waals surface area contributed by atoms with Crippen LogP contribution in [-0.2, 0) is 4.74 Å². The molecule has 1 aromatic heterocycles. The fourth-order valence-electron chi connectivity index (χ4n) is 1.82. The third-order valence-electron chi connectivity index (χ3n) is 2.37. The van der Waals surface area contributed by atoms with Gasteiger partial charge < -0.3 is 15.4 Å². The first kappa shape index (κ1) is 14.3. The van der Waals surface area contributed by atoms with Gasteiger partial charge in [-0.1, -0.05) is 20.8 Å². The Labute approximate surface area is 108 Å². The molecule has 0 fully saturated rings. The lowest BCUT2D eigenvalue weighted by atomic mass is 9.96. The van der Waals surface area contributed by atoms with Crippen LogP contribution >= 0.6 is 0 Å². The van der Waals surface area contributed by atoms with Crippen molar-refractivity contribution in [3.8, 4) is 0 Å². The minimum absolute atomic E-state index is 0.102. The summed E-state index contributed by atoms with van der Waals surface area (Å²) in [5.74, 6) is 0.163. The number of pyridine rings is 1. The number of anilines is 2. The SMILES string of the molecule is COC(=O)c1cc(N)cnc1N(C)CC(C)(C)C. The number of nitrogens with two attached hydrogens (primary N) is 1. The number of hydrogen-bond donors (Lipinski definition) is 1. The average molecular weight is 251 g/mol. The molecule has 0 aliphatic carbocycles. The van der Waals surface area contributed by atoms with E-state index < -0.39 is 5.97 Å². The van der Waals surface area contributed by atoms with Gasteiger partial charge in [-0.25, -0.2) is 9.78 Å². The second-order valence-corrected chi connectivity index (χ2v) is 5.55. The molecule has 0 unspecified atom stereocenters. The zero-order chi connectivity index (χ0) is 13.9. The third-order valence-corrected chi connectivity index (χ3v) is 2.37. The van der Waals surface area contributed by atoms with Gasteiger partial charge in [0.05, 0.1) is 19.0 Å². The summed E-state index contributed by atoms with van der Waals surface area (Å²) in [6, 6.07) is 1.59. The van der Waals surface area contributed by atoms with Crippen LogP contribution in [0.4, 0.5) is 11.5 Å². The molecular weight excluding hydrogens is 230 g/mol. The van der Waals surface area contributed by atoms with Crippen LogP contribution < -0.4 is 10.6 Å². The summed E-state index contributed by atoms with van der Waals surface area (Å²) in [6.45, 7) is 7.14. The molecule has 5 heteroatoms. The van der Waals surface area contributed by atoms with Crippen molar-refractivity contribution >= 4 is 17.5 Å². The highest BCUT2D eigenvalue weighted by Gasteiger charge is 2.20. The van der Waals surface area contributed by atoms with Gasteiger partial charge in [-0.3, -0.25) is 0 Å². The zero-order valence-corrected chi connectivity index (χ0v) is 11.7. The highest BCUT2D eigenvalue weighted by atomic mass is 16.5. The highest BCUT2D eigenvalue weighted by Crippen LogP contribution is 2.23. The summed E-state index contributed by atoms with van der Waals surface area (Å²) in [6.07, 6.45) is 1.54. The molecule has 18 heavy (non-hydrogen) atoms. The van der Waals surface area contributed by atoms with E-state index in [1.54, 1.807) is 12.3 Å². The minimum Gasteiger partial charge on any atom is -0.465 e. The molecule has 0 aliphatic rings. The molecule has 1 heterocycles. The van der Waals surface area contributed by atoms with Crippen molar-refractivity contribution < 1.29 is 9.53 Å². The van der Waals surface area contributed by atoms with Gasteiger partial charge in [-0.05, 0) is 11.5 Å². The van der Waals surface area contributed by atoms with E-state index in [1.807, 2.05) is 11.9 Å². The molecule has 0 radical (unpaired) electrons. The van der Waals surface area contributed by atoms with E-state index in [1.165, 1.54) is 7.11 Å². The van der Waals surface area contributed by atoms with Crippen LogP contribution in [-0.4, -0.2) is 31.7 Å². The summed E-state index contributed by atoms with van der Waals surface area (Å²) >= 11 is 0. The number of hydrogen-bond acceptors (Lipinski definition) is 5. The maximum Gasteiger partial charge on any atom is 0.341 e. The standard InChI is InChI=1S/C13H21N3O2/c1-13(2,3)8-16(4)11-10(12(17)18-5)6-9(14)7-15-11/h6-7H,8,14H2,1-5H3. The predicted molar refractivity (Wildman–Crippen MR) is 72.7 cm³/mol. The second kappa shape index (κ2) is 5.25. The van der Waals surface area contributed by atoms with Crippen molar-refractivity contribution in [3.05, 3.63) is 17.8 Å². The molecule has 5 nitrogen and oxygen atoms in total. The van der Waals surface area contributed by atoms with E-state index >= 15 is 0 Å². The van der Waals surface area contributed by atoms with Crippen LogP contribution in [0.1, 0.15) is 31.1 Å². The fraction of sp³-hybridized carbons (Fsp3) is 0.538. The van der Waals surface area contributed by atoms with E-state index in [9.17, 15) is 4.79 Å². The molecule has 100 valence electrons. The van der Waals surface area contributed by atoms with E-state index in [0.29, 0.717) is 17.1 Å². The van der Waals surface area contributed by atoms with E-state index in [4.69, 9.17) is 10.5 Å². The topological polar surface area (TPSA) is 68.5 Å². The van der Waals surface area contributed by atoms with Crippen molar-refractivity contribution in [2.24, 2.45) is 5.41 Å². The quantitative estimate of drug-likeness (QED) is 0.831. The number of ether oxygens (including phenoxy) is 1. The third kappa shape index (κ3) is 3.61. The van der Waals surface area contributed by atoms with Crippen molar-refractivity contribution in [3.63, 3.8) is 0 Å². The zero-order valence-electron chi connectivity index (χ0n) is 11.7. The molecule has 0 atom stereocenters. The molecule has 1 rings (SSSR count). The number of nitrogens with zero attached hydrogens (tertiary/aromatic N) is 2. The molecule has 2 N–H and O–H groups in total. The van der Waals surface area contributed by atoms with Crippen LogP contribution in [0.25, 0.3) is 0 Å². The Morgan fingerprint density at radius 1 is 1.50 bits per heavy atom. The molecular formula is C13H21N3O2. The van der Waals surface area contributed by atoms with Gasteiger partial charge in [0, 0.05) is 13.6 Å². The first-order valence-electron chi connectivity index (χ1n) is 5.79. The van der Waals surface area contributed by atoms with Crippen LogP contribution in [0.15, 0.2) is 12.3 Å². The summed E-state index contributed by atoms with van der Waals surface area (Å²) in [5.41, 5.74) is 6.60. The largest absolute Gasteiger partial charge is 0.465 e. The van der Waals surface area contributed by atoms with Gasteiger partial charge in [0.25, 0.3) is 0 Å². The number of methoxy groups -OCH3 is 1. The van der Waals surface area contributed by atoms with Crippen LogP contribution in [0, 0.1) is 5.41 Å². The molecule has 0 aromatic carbocycles. The molecule has 0 spiro atoms. The number of nitrogen functional groups attached to an aromatic ring is 1. The van der Waals surface area contributed by atoms with Crippen LogP contribution in [0.2, 0.25) is 0 Å². The van der Waals surface area contributed by atoms with Crippen LogP contribution in [0.3, 0.4) is 0 Å². The molecule has 0 bridgehead atoms. The second-order valence-electron chi connectivity index (χ2n) is 5.55. The molecule has 0 aliphatic heterocycles. The number of rotatable bonds is 3. The normalized spacial score (nSPS) is 11.2. The smallest absolute Gasteiger partial charge is 0.341 e. The summed E-state index contributed by atoms with van der Waals surface area (Å²) < 4.78 is 4.75. The Bertz CT molecular complexity index is 438. The molecule has 0 saturated heterocycles. The van der Waals surface area contributed by atoms with Gasteiger partial charge in [0.15, 0.2) is 0 Å². The number of carbonyl (C=O) groups is 1. The van der Waals surface area contributed by atoms with Gasteiger partial charge >= 0.3 is 5.97 Å². The summed E-state index contributed by atoms with van der Waals surface area (Å²) in [5, 5.41) is 0. The van der Waals surface area contributed by atoms with E-state index in [0.717, 1.165) is 6.54 Å². The van der Waals surface area contributed by atoms with Gasteiger partial charge in [0.1, 0.15) is 11.4 Å². The molecule has 0 amide bonds.